The summed E-state index contributed by atoms with van der Waals surface area (Å²) in [4.78, 5) is 70.5. The summed E-state index contributed by atoms with van der Waals surface area (Å²) in [5, 5.41) is 16.5. The van der Waals surface area contributed by atoms with Gasteiger partial charge < -0.3 is 49.0 Å². The minimum absolute atomic E-state index is 0.0300. The summed E-state index contributed by atoms with van der Waals surface area (Å²) >= 11 is 0. The topological polar surface area (TPSA) is 287 Å². The molecule has 0 fully saturated rings. The predicted octanol–water partition coefficient (Wildman–Crippen LogP) is -4.23. The Morgan fingerprint density at radius 3 is 2.26 bits per heavy atom. The highest BCUT2D eigenvalue weighted by molar-refractivity contribution is 5.95. The molecule has 194 valence electrons. The first-order valence-electron chi connectivity index (χ1n) is 10.6. The Labute approximate surface area is 200 Å². The number of aromatic amines is 1. The highest BCUT2D eigenvalue weighted by Gasteiger charge is 2.29. The number of rotatable bonds is 15. The Morgan fingerprint density at radius 1 is 1.06 bits per heavy atom. The van der Waals surface area contributed by atoms with Gasteiger partial charge in [-0.15, -0.1) is 0 Å². The van der Waals surface area contributed by atoms with Gasteiger partial charge in [0.05, 0.1) is 18.8 Å². The van der Waals surface area contributed by atoms with Gasteiger partial charge in [0, 0.05) is 24.9 Å². The molecule has 0 aliphatic rings. The molecule has 0 saturated heterocycles. The van der Waals surface area contributed by atoms with Gasteiger partial charge in [-0.3, -0.25) is 24.2 Å². The van der Waals surface area contributed by atoms with E-state index in [4.69, 9.17) is 22.9 Å². The molecule has 0 aliphatic carbocycles. The van der Waals surface area contributed by atoms with E-state index in [2.05, 4.69) is 30.9 Å². The van der Waals surface area contributed by atoms with Gasteiger partial charge in [0.15, 0.2) is 5.96 Å². The second-order valence-corrected chi connectivity index (χ2v) is 7.70. The van der Waals surface area contributed by atoms with E-state index in [1.807, 2.05) is 0 Å². The van der Waals surface area contributed by atoms with Crippen molar-refractivity contribution in [3.63, 3.8) is 0 Å². The second-order valence-electron chi connectivity index (χ2n) is 7.70. The Bertz CT molecular complexity index is 915. The number of imidazole rings is 1. The summed E-state index contributed by atoms with van der Waals surface area (Å²) in [5.74, 6) is -4.50. The van der Waals surface area contributed by atoms with Gasteiger partial charge >= 0.3 is 5.97 Å². The monoisotopic (exact) mass is 496 g/mol. The quantitative estimate of drug-likeness (QED) is 0.0640. The summed E-state index contributed by atoms with van der Waals surface area (Å²) in [7, 11) is 0. The van der Waals surface area contributed by atoms with Crippen molar-refractivity contribution in [1.29, 1.82) is 0 Å². The number of primary amides is 1. The molecule has 16 nitrogen and oxygen atoms in total. The highest BCUT2D eigenvalue weighted by atomic mass is 16.4. The number of H-pyrrole nitrogens is 1. The molecule has 13 N–H and O–H groups in total. The Balaban J connectivity index is 2.79. The number of aliphatic carboxylic acids is 1. The molecule has 16 heteroatoms. The number of nitrogens with two attached hydrogens (primary N) is 4. The summed E-state index contributed by atoms with van der Waals surface area (Å²) in [5.41, 5.74) is 21.6. The summed E-state index contributed by atoms with van der Waals surface area (Å²) < 4.78 is 0. The van der Waals surface area contributed by atoms with Crippen LogP contribution in [-0.4, -0.2) is 81.3 Å². The number of nitrogens with zero attached hydrogens (tertiary/aromatic N) is 2. The van der Waals surface area contributed by atoms with Crippen molar-refractivity contribution in [3.8, 4) is 0 Å². The maximum Gasteiger partial charge on any atom is 0.326 e. The minimum atomic E-state index is -1.28. The largest absolute Gasteiger partial charge is 0.480 e. The number of carbonyl (C=O) groups excluding carboxylic acids is 4. The Morgan fingerprint density at radius 2 is 1.71 bits per heavy atom. The molecule has 0 spiro atoms. The lowest BCUT2D eigenvalue weighted by Crippen LogP contribution is -2.57. The zero-order valence-corrected chi connectivity index (χ0v) is 19.2. The minimum Gasteiger partial charge on any atom is -0.480 e. The number of nitrogens with one attached hydrogen (secondary N) is 4. The third-order valence-corrected chi connectivity index (χ3v) is 4.68. The number of aromatic nitrogens is 2. The van der Waals surface area contributed by atoms with Crippen LogP contribution in [0.3, 0.4) is 0 Å². The van der Waals surface area contributed by atoms with E-state index in [9.17, 15) is 29.1 Å². The van der Waals surface area contributed by atoms with Gasteiger partial charge in [-0.25, -0.2) is 9.78 Å². The molecule has 4 unspecified atom stereocenters. The third-order valence-electron chi connectivity index (χ3n) is 4.68. The maximum absolute atomic E-state index is 12.8. The number of carbonyl (C=O) groups is 5. The molecule has 1 aromatic rings. The molecule has 0 aliphatic heterocycles. The van der Waals surface area contributed by atoms with Crippen LogP contribution in [0, 0.1) is 0 Å². The van der Waals surface area contributed by atoms with E-state index in [0.29, 0.717) is 12.1 Å². The van der Waals surface area contributed by atoms with Crippen LogP contribution in [0.4, 0.5) is 0 Å². The van der Waals surface area contributed by atoms with E-state index < -0.39 is 60.2 Å². The standard InChI is InChI=1S/C19H32N10O6/c1-9(15(31)28-12(18(34)35)3-2-4-25-19(22)23)27-17(33)13(5-10-7-24-8-26-10)29-16(32)11(20)6-14(21)30/h7-9,11-13H,2-6,20H2,1H3,(H2,21,30)(H,24,26)(H,27,33)(H,28,31)(H,29,32)(H,34,35)(H4,22,23,25). The fraction of sp³-hybridized carbons (Fsp3) is 0.526. The first-order valence-corrected chi connectivity index (χ1v) is 10.6. The molecule has 4 amide bonds. The first-order chi connectivity index (χ1) is 16.4. The number of aliphatic imine (C=N–C) groups is 1. The average Bonchev–Trinajstić information content (AvgIpc) is 3.27. The van der Waals surface area contributed by atoms with E-state index >= 15 is 0 Å². The number of carboxylic acids is 1. The summed E-state index contributed by atoms with van der Waals surface area (Å²) in [6.07, 6.45) is 2.70. The van der Waals surface area contributed by atoms with Crippen molar-refractivity contribution in [2.45, 2.75) is 56.8 Å². The zero-order chi connectivity index (χ0) is 26.5. The molecular weight excluding hydrogens is 464 g/mol. The molecule has 0 aromatic carbocycles. The molecule has 0 saturated carbocycles. The third kappa shape index (κ3) is 11.0. The smallest absolute Gasteiger partial charge is 0.326 e. The van der Waals surface area contributed by atoms with Crippen molar-refractivity contribution in [2.24, 2.45) is 27.9 Å². The molecule has 35 heavy (non-hydrogen) atoms. The van der Waals surface area contributed by atoms with Crippen LogP contribution in [-0.2, 0) is 30.4 Å². The maximum atomic E-state index is 12.8. The number of guanidine groups is 1. The van der Waals surface area contributed by atoms with Gasteiger partial charge in [0.25, 0.3) is 0 Å². The van der Waals surface area contributed by atoms with Crippen molar-refractivity contribution in [1.82, 2.24) is 25.9 Å². The molecule has 0 radical (unpaired) electrons. The van der Waals surface area contributed by atoms with Crippen LogP contribution in [0.15, 0.2) is 17.5 Å². The van der Waals surface area contributed by atoms with Gasteiger partial charge in [-0.2, -0.15) is 0 Å². The first kappa shape index (κ1) is 28.8. The van der Waals surface area contributed by atoms with Gasteiger partial charge in [-0.1, -0.05) is 0 Å². The average molecular weight is 497 g/mol. The lowest BCUT2D eigenvalue weighted by atomic mass is 10.1. The van der Waals surface area contributed by atoms with E-state index in [1.165, 1.54) is 19.4 Å². The normalized spacial score (nSPS) is 14.0. The Hall–Kier alpha value is -4.21. The molecule has 4 atom stereocenters. The Kier molecular flexibility index (Phi) is 11.6. The molecule has 1 aromatic heterocycles. The molecule has 1 heterocycles. The number of carboxylic acid groups (broad SMARTS) is 1. The van der Waals surface area contributed by atoms with Crippen LogP contribution in [0.2, 0.25) is 0 Å². The highest BCUT2D eigenvalue weighted by Crippen LogP contribution is 2.03. The molecular formula is C19H32N10O6. The van der Waals surface area contributed by atoms with E-state index in [-0.39, 0.29) is 25.3 Å². The van der Waals surface area contributed by atoms with Crippen LogP contribution < -0.4 is 38.9 Å². The molecule has 1 rings (SSSR count). The SMILES string of the molecule is CC(NC(=O)C(Cc1cnc[nH]1)NC(=O)C(N)CC(N)=O)C(=O)NC(CCCN=C(N)N)C(=O)O. The lowest BCUT2D eigenvalue weighted by Gasteiger charge is -2.23. The van der Waals surface area contributed by atoms with E-state index in [1.54, 1.807) is 0 Å². The second kappa shape index (κ2) is 14.1. The zero-order valence-electron chi connectivity index (χ0n) is 19.2. The number of amides is 4. The van der Waals surface area contributed by atoms with Crippen LogP contribution in [0.25, 0.3) is 0 Å². The van der Waals surface area contributed by atoms with Crippen molar-refractivity contribution in [2.75, 3.05) is 6.54 Å². The number of hydrogen-bond donors (Lipinski definition) is 9. The van der Waals surface area contributed by atoms with E-state index in [0.717, 1.165) is 0 Å². The van der Waals surface area contributed by atoms with Crippen molar-refractivity contribution in [3.05, 3.63) is 18.2 Å². The fourth-order valence-electron chi connectivity index (χ4n) is 2.85. The number of hydrogen-bond acceptors (Lipinski definition) is 8. The van der Waals surface area contributed by atoms with Crippen LogP contribution in [0.5, 0.6) is 0 Å². The van der Waals surface area contributed by atoms with Crippen molar-refractivity contribution < 1.29 is 29.1 Å². The molecule has 0 bridgehead atoms. The van der Waals surface area contributed by atoms with Gasteiger partial charge in [0.2, 0.25) is 23.6 Å². The van der Waals surface area contributed by atoms with Gasteiger partial charge in [-0.05, 0) is 19.8 Å². The summed E-state index contributed by atoms with van der Waals surface area (Å²) in [6.45, 7) is 1.53. The van der Waals surface area contributed by atoms with Crippen LogP contribution >= 0.6 is 0 Å². The predicted molar refractivity (Wildman–Crippen MR) is 123 cm³/mol. The van der Waals surface area contributed by atoms with Gasteiger partial charge in [0.1, 0.15) is 18.1 Å². The fourth-order valence-corrected chi connectivity index (χ4v) is 2.85. The van der Waals surface area contributed by atoms with Crippen molar-refractivity contribution >= 4 is 35.6 Å². The lowest BCUT2D eigenvalue weighted by molar-refractivity contribution is -0.142. The summed E-state index contributed by atoms with van der Waals surface area (Å²) in [6, 6.07) is -4.85. The van der Waals surface area contributed by atoms with Crippen LogP contribution in [0.1, 0.15) is 31.9 Å².